The lowest BCUT2D eigenvalue weighted by atomic mass is 10.1. The number of thiazole rings is 1. The molecule has 2 N–H and O–H groups in total. The number of hydrogen-bond acceptors (Lipinski definition) is 4. The first kappa shape index (κ1) is 16.8. The van der Waals surface area contributed by atoms with Crippen LogP contribution >= 0.6 is 27.3 Å². The van der Waals surface area contributed by atoms with Crippen LogP contribution in [0, 0.1) is 0 Å². The van der Waals surface area contributed by atoms with Crippen molar-refractivity contribution in [3.63, 3.8) is 0 Å². The molecule has 0 spiro atoms. The van der Waals surface area contributed by atoms with Gasteiger partial charge in [0, 0.05) is 10.0 Å². The predicted molar refractivity (Wildman–Crippen MR) is 74.0 cm³/mol. The van der Waals surface area contributed by atoms with Crippen molar-refractivity contribution in [1.29, 1.82) is 0 Å². The van der Waals surface area contributed by atoms with E-state index in [2.05, 4.69) is 20.9 Å². The van der Waals surface area contributed by atoms with E-state index < -0.39 is 33.6 Å². The summed E-state index contributed by atoms with van der Waals surface area (Å²) in [5.74, 6) is -6.26. The lowest BCUT2D eigenvalue weighted by Gasteiger charge is -2.18. The minimum atomic E-state index is -5.87. The maximum Gasteiger partial charge on any atom is 0.459 e. The van der Waals surface area contributed by atoms with Crippen molar-refractivity contribution in [2.24, 2.45) is 0 Å². The summed E-state index contributed by atoms with van der Waals surface area (Å²) >= 11 is 3.41. The molecule has 1 aromatic heterocycles. The highest BCUT2D eigenvalue weighted by Crippen LogP contribution is 2.46. The molecule has 0 aliphatic heterocycles. The number of carbonyl (C=O) groups is 1. The molecule has 0 bridgehead atoms. The summed E-state index contributed by atoms with van der Waals surface area (Å²) in [5.41, 5.74) is 3.49. The minimum Gasteiger partial charge on any atom is -0.375 e. The van der Waals surface area contributed by atoms with Crippen molar-refractivity contribution in [3.05, 3.63) is 44.9 Å². The first-order chi connectivity index (χ1) is 10.0. The maximum absolute atomic E-state index is 13.5. The number of benzene rings is 1. The summed E-state index contributed by atoms with van der Waals surface area (Å²) in [5, 5.41) is -0.542. The normalized spacial score (nSPS) is 12.5. The van der Waals surface area contributed by atoms with Gasteiger partial charge in [-0.05, 0) is 24.3 Å². The zero-order chi connectivity index (χ0) is 16.7. The third-order valence-electron chi connectivity index (χ3n) is 2.61. The number of ketones is 1. The minimum absolute atomic E-state index is 0.0499. The summed E-state index contributed by atoms with van der Waals surface area (Å²) in [6, 6.07) is 5.49. The average molecular weight is 401 g/mol. The second-order valence-electron chi connectivity index (χ2n) is 4.14. The molecule has 118 valence electrons. The van der Waals surface area contributed by atoms with Gasteiger partial charge in [0.25, 0.3) is 0 Å². The Morgan fingerprint density at radius 2 is 1.68 bits per heavy atom. The Balaban J connectivity index is 2.53. The number of nitrogens with two attached hydrogens (primary N) is 1. The number of rotatable bonds is 3. The van der Waals surface area contributed by atoms with Crippen LogP contribution in [-0.4, -0.2) is 16.9 Å². The predicted octanol–water partition coefficient (Wildman–Crippen LogP) is 4.37. The quantitative estimate of drug-likeness (QED) is 0.614. The maximum atomic E-state index is 13.5. The van der Waals surface area contributed by atoms with E-state index in [0.717, 1.165) is 0 Å². The van der Waals surface area contributed by atoms with Crippen molar-refractivity contribution >= 4 is 38.2 Å². The topological polar surface area (TPSA) is 56.0 Å². The van der Waals surface area contributed by atoms with Gasteiger partial charge in [0.05, 0.1) is 0 Å². The van der Waals surface area contributed by atoms with Gasteiger partial charge in [-0.15, -0.1) is 0 Å². The fourth-order valence-electron chi connectivity index (χ4n) is 1.57. The Hall–Kier alpha value is -1.55. The first-order valence-electron chi connectivity index (χ1n) is 5.55. The summed E-state index contributed by atoms with van der Waals surface area (Å²) in [6.07, 6.45) is -5.87. The summed E-state index contributed by atoms with van der Waals surface area (Å²) < 4.78 is 65.0. The molecule has 1 aromatic carbocycles. The molecule has 0 fully saturated rings. The Kier molecular flexibility index (Phi) is 4.26. The van der Waals surface area contributed by atoms with E-state index in [1.54, 1.807) is 0 Å². The van der Waals surface area contributed by atoms with Gasteiger partial charge in [-0.2, -0.15) is 22.0 Å². The zero-order valence-electron chi connectivity index (χ0n) is 10.4. The van der Waals surface area contributed by atoms with E-state index in [1.807, 2.05) is 0 Å². The Bertz CT molecular complexity index is 711. The molecule has 0 saturated carbocycles. The molecule has 0 aliphatic carbocycles. The van der Waals surface area contributed by atoms with Crippen molar-refractivity contribution < 1.29 is 26.7 Å². The standard InChI is InChI=1S/C12H6BrF5N2OS/c13-6-3-1-5(2-4-6)7(21)8-9(20-10(19)22-8)11(14,15)12(16,17)18/h1-4H,(H2,19,20). The van der Waals surface area contributed by atoms with Crippen LogP contribution in [0.15, 0.2) is 28.7 Å². The number of aromatic nitrogens is 1. The van der Waals surface area contributed by atoms with E-state index in [1.165, 1.54) is 24.3 Å². The van der Waals surface area contributed by atoms with E-state index in [0.29, 0.717) is 4.47 Å². The monoisotopic (exact) mass is 400 g/mol. The lowest BCUT2D eigenvalue weighted by molar-refractivity contribution is -0.290. The Morgan fingerprint density at radius 1 is 1.14 bits per heavy atom. The number of hydrogen-bond donors (Lipinski definition) is 1. The lowest BCUT2D eigenvalue weighted by Crippen LogP contribution is -2.35. The summed E-state index contributed by atoms with van der Waals surface area (Å²) in [4.78, 5) is 14.3. The molecule has 2 aromatic rings. The van der Waals surface area contributed by atoms with Crippen LogP contribution < -0.4 is 5.73 Å². The van der Waals surface area contributed by atoms with Gasteiger partial charge in [0.15, 0.2) is 5.13 Å². The van der Waals surface area contributed by atoms with Crippen LogP contribution in [-0.2, 0) is 5.92 Å². The fourth-order valence-corrected chi connectivity index (χ4v) is 2.66. The molecule has 0 radical (unpaired) electrons. The number of nitrogen functional groups attached to an aromatic ring is 1. The number of alkyl halides is 5. The largest absolute Gasteiger partial charge is 0.459 e. The first-order valence-corrected chi connectivity index (χ1v) is 7.16. The zero-order valence-corrected chi connectivity index (χ0v) is 12.8. The van der Waals surface area contributed by atoms with Crippen LogP contribution in [0.25, 0.3) is 0 Å². The molecule has 1 heterocycles. The molecule has 0 aliphatic rings. The highest BCUT2D eigenvalue weighted by Gasteiger charge is 2.61. The molecule has 0 saturated heterocycles. The molecular weight excluding hydrogens is 395 g/mol. The van der Waals surface area contributed by atoms with E-state index >= 15 is 0 Å². The van der Waals surface area contributed by atoms with Crippen molar-refractivity contribution in [1.82, 2.24) is 4.98 Å². The van der Waals surface area contributed by atoms with Crippen LogP contribution in [0.3, 0.4) is 0 Å². The van der Waals surface area contributed by atoms with E-state index in [-0.39, 0.29) is 16.9 Å². The van der Waals surface area contributed by atoms with Gasteiger partial charge < -0.3 is 5.73 Å². The molecular formula is C12H6BrF5N2OS. The van der Waals surface area contributed by atoms with E-state index in [4.69, 9.17) is 5.73 Å². The number of anilines is 1. The van der Waals surface area contributed by atoms with Crippen molar-refractivity contribution in [2.45, 2.75) is 12.1 Å². The summed E-state index contributed by atoms with van der Waals surface area (Å²) in [7, 11) is 0. The van der Waals surface area contributed by atoms with Crippen LogP contribution in [0.4, 0.5) is 27.1 Å². The van der Waals surface area contributed by atoms with Gasteiger partial charge >= 0.3 is 12.1 Å². The van der Waals surface area contributed by atoms with Crippen LogP contribution in [0.2, 0.25) is 0 Å². The van der Waals surface area contributed by atoms with Gasteiger partial charge in [-0.25, -0.2) is 4.98 Å². The summed E-state index contributed by atoms with van der Waals surface area (Å²) in [6.45, 7) is 0. The molecule has 2 rings (SSSR count). The van der Waals surface area contributed by atoms with Crippen molar-refractivity contribution in [2.75, 3.05) is 5.73 Å². The number of halogens is 6. The molecule has 3 nitrogen and oxygen atoms in total. The smallest absolute Gasteiger partial charge is 0.375 e. The molecule has 0 amide bonds. The Labute approximate surface area is 133 Å². The fraction of sp³-hybridized carbons (Fsp3) is 0.167. The highest BCUT2D eigenvalue weighted by atomic mass is 79.9. The highest BCUT2D eigenvalue weighted by molar-refractivity contribution is 9.10. The third-order valence-corrected chi connectivity index (χ3v) is 4.02. The molecule has 0 atom stereocenters. The number of carbonyl (C=O) groups excluding carboxylic acids is 1. The molecule has 0 unspecified atom stereocenters. The van der Waals surface area contributed by atoms with Gasteiger partial charge in [0.1, 0.15) is 10.6 Å². The van der Waals surface area contributed by atoms with Crippen LogP contribution in [0.1, 0.15) is 20.9 Å². The molecule has 22 heavy (non-hydrogen) atoms. The second kappa shape index (κ2) is 5.58. The Morgan fingerprint density at radius 3 is 2.18 bits per heavy atom. The van der Waals surface area contributed by atoms with Crippen LogP contribution in [0.5, 0.6) is 0 Å². The molecule has 10 heteroatoms. The third kappa shape index (κ3) is 2.98. The average Bonchev–Trinajstić information content (AvgIpc) is 2.80. The SMILES string of the molecule is Nc1nc(C(F)(F)C(F)(F)F)c(C(=O)c2ccc(Br)cc2)s1. The van der Waals surface area contributed by atoms with E-state index in [9.17, 15) is 26.7 Å². The van der Waals surface area contributed by atoms with Gasteiger partial charge in [0.2, 0.25) is 5.78 Å². The van der Waals surface area contributed by atoms with Gasteiger partial charge in [-0.1, -0.05) is 27.3 Å². The number of nitrogens with zero attached hydrogens (tertiary/aromatic N) is 1. The van der Waals surface area contributed by atoms with Gasteiger partial charge in [-0.3, -0.25) is 4.79 Å². The van der Waals surface area contributed by atoms with Crippen molar-refractivity contribution in [3.8, 4) is 0 Å². The second-order valence-corrected chi connectivity index (χ2v) is 6.08.